The Balaban J connectivity index is 1.59. The van der Waals surface area contributed by atoms with E-state index in [-0.39, 0.29) is 5.91 Å². The highest BCUT2D eigenvalue weighted by Gasteiger charge is 2.32. The molecule has 1 fully saturated rings. The smallest absolute Gasteiger partial charge is 0.233 e. The van der Waals surface area contributed by atoms with Crippen LogP contribution in [0.25, 0.3) is 0 Å². The second-order valence-electron chi connectivity index (χ2n) is 5.37. The van der Waals surface area contributed by atoms with E-state index in [0.717, 1.165) is 29.3 Å². The first kappa shape index (κ1) is 14.3. The number of aryl methyl sites for hydroxylation is 1. The van der Waals surface area contributed by atoms with Crippen LogP contribution < -0.4 is 0 Å². The molecule has 0 spiro atoms. The van der Waals surface area contributed by atoms with Crippen molar-refractivity contribution in [2.24, 2.45) is 0 Å². The van der Waals surface area contributed by atoms with Crippen molar-refractivity contribution in [3.05, 3.63) is 54.0 Å². The largest absolute Gasteiger partial charge is 0.464 e. The Morgan fingerprint density at radius 1 is 1.24 bits per heavy atom. The Morgan fingerprint density at radius 2 is 2.00 bits per heavy atom. The van der Waals surface area contributed by atoms with Crippen molar-refractivity contribution in [3.63, 3.8) is 0 Å². The molecule has 1 aliphatic rings. The highest BCUT2D eigenvalue weighted by atomic mass is 32.2. The van der Waals surface area contributed by atoms with Gasteiger partial charge in [0.2, 0.25) is 5.91 Å². The molecule has 0 N–H and O–H groups in total. The molecule has 21 heavy (non-hydrogen) atoms. The maximum atomic E-state index is 12.5. The monoisotopic (exact) mass is 301 g/mol. The van der Waals surface area contributed by atoms with E-state index >= 15 is 0 Å². The Labute approximate surface area is 129 Å². The number of rotatable bonds is 6. The van der Waals surface area contributed by atoms with E-state index in [1.54, 1.807) is 11.8 Å². The predicted molar refractivity (Wildman–Crippen MR) is 84.2 cm³/mol. The highest BCUT2D eigenvalue weighted by molar-refractivity contribution is 8.00. The average molecular weight is 301 g/mol. The summed E-state index contributed by atoms with van der Waals surface area (Å²) in [5.41, 5.74) is 0. The number of furan rings is 1. The van der Waals surface area contributed by atoms with Crippen LogP contribution in [0.2, 0.25) is 0 Å². The third kappa shape index (κ3) is 3.91. The minimum Gasteiger partial charge on any atom is -0.464 e. The van der Waals surface area contributed by atoms with E-state index in [1.165, 1.54) is 0 Å². The molecule has 0 atom stereocenters. The molecule has 0 unspecified atom stereocenters. The van der Waals surface area contributed by atoms with Crippen molar-refractivity contribution < 1.29 is 9.21 Å². The topological polar surface area (TPSA) is 33.5 Å². The van der Waals surface area contributed by atoms with E-state index in [1.807, 2.05) is 54.3 Å². The molecule has 1 aromatic carbocycles. The molecule has 1 amide bonds. The molecule has 1 saturated carbocycles. The number of hydrogen-bond acceptors (Lipinski definition) is 3. The van der Waals surface area contributed by atoms with Gasteiger partial charge in [-0.05, 0) is 44.0 Å². The lowest BCUT2D eigenvalue weighted by atomic mass is 10.3. The summed E-state index contributed by atoms with van der Waals surface area (Å²) in [5.74, 6) is 2.45. The molecule has 0 radical (unpaired) electrons. The van der Waals surface area contributed by atoms with Crippen molar-refractivity contribution in [3.8, 4) is 0 Å². The molecule has 1 heterocycles. The summed E-state index contributed by atoms with van der Waals surface area (Å²) >= 11 is 1.60. The first-order valence-electron chi connectivity index (χ1n) is 7.25. The van der Waals surface area contributed by atoms with Crippen LogP contribution in [0.5, 0.6) is 0 Å². The lowest BCUT2D eigenvalue weighted by Crippen LogP contribution is -2.33. The Hall–Kier alpha value is -1.68. The van der Waals surface area contributed by atoms with Gasteiger partial charge < -0.3 is 9.32 Å². The van der Waals surface area contributed by atoms with Gasteiger partial charge in [0.25, 0.3) is 0 Å². The first-order valence-corrected chi connectivity index (χ1v) is 8.23. The van der Waals surface area contributed by atoms with Gasteiger partial charge in [0.1, 0.15) is 11.5 Å². The summed E-state index contributed by atoms with van der Waals surface area (Å²) in [6.45, 7) is 2.52. The Kier molecular flexibility index (Phi) is 4.34. The molecule has 0 bridgehead atoms. The van der Waals surface area contributed by atoms with Gasteiger partial charge in [-0.1, -0.05) is 18.2 Å². The Morgan fingerprint density at radius 3 is 2.62 bits per heavy atom. The number of hydrogen-bond donors (Lipinski definition) is 0. The summed E-state index contributed by atoms with van der Waals surface area (Å²) < 4.78 is 5.60. The van der Waals surface area contributed by atoms with Gasteiger partial charge in [-0.2, -0.15) is 0 Å². The average Bonchev–Trinajstić information content (AvgIpc) is 3.26. The van der Waals surface area contributed by atoms with Gasteiger partial charge in [0, 0.05) is 10.9 Å². The SMILES string of the molecule is Cc1ccc(CN(C(=O)CSc2ccccc2)C2CC2)o1. The fourth-order valence-electron chi connectivity index (χ4n) is 2.29. The van der Waals surface area contributed by atoms with E-state index < -0.39 is 0 Å². The van der Waals surface area contributed by atoms with Crippen LogP contribution in [0.3, 0.4) is 0 Å². The van der Waals surface area contributed by atoms with Crippen LogP contribution in [-0.2, 0) is 11.3 Å². The van der Waals surface area contributed by atoms with Crippen molar-refractivity contribution in [1.29, 1.82) is 0 Å². The minimum absolute atomic E-state index is 0.195. The number of thioether (sulfide) groups is 1. The van der Waals surface area contributed by atoms with Crippen LogP contribution >= 0.6 is 11.8 Å². The van der Waals surface area contributed by atoms with Crippen molar-refractivity contribution in [1.82, 2.24) is 4.90 Å². The summed E-state index contributed by atoms with van der Waals surface area (Å²) in [6.07, 6.45) is 2.23. The highest BCUT2D eigenvalue weighted by Crippen LogP contribution is 2.30. The number of benzene rings is 1. The van der Waals surface area contributed by atoms with Crippen LogP contribution in [-0.4, -0.2) is 22.6 Å². The maximum absolute atomic E-state index is 12.5. The van der Waals surface area contributed by atoms with Crippen LogP contribution in [0.1, 0.15) is 24.4 Å². The zero-order valence-corrected chi connectivity index (χ0v) is 12.9. The molecule has 2 aromatic rings. The van der Waals surface area contributed by atoms with Crippen molar-refractivity contribution in [2.45, 2.75) is 37.2 Å². The summed E-state index contributed by atoms with van der Waals surface area (Å²) in [6, 6.07) is 14.4. The minimum atomic E-state index is 0.195. The van der Waals surface area contributed by atoms with E-state index in [9.17, 15) is 4.79 Å². The molecule has 0 saturated heterocycles. The zero-order valence-electron chi connectivity index (χ0n) is 12.1. The zero-order chi connectivity index (χ0) is 14.7. The lowest BCUT2D eigenvalue weighted by Gasteiger charge is -2.21. The summed E-state index contributed by atoms with van der Waals surface area (Å²) in [5, 5.41) is 0. The molecular weight excluding hydrogens is 282 g/mol. The van der Waals surface area contributed by atoms with Crippen LogP contribution in [0, 0.1) is 6.92 Å². The van der Waals surface area contributed by atoms with Gasteiger partial charge in [0.05, 0.1) is 12.3 Å². The third-order valence-electron chi connectivity index (χ3n) is 3.54. The van der Waals surface area contributed by atoms with Crippen LogP contribution in [0.15, 0.2) is 51.8 Å². The standard InChI is InChI=1S/C17H19NO2S/c1-13-7-10-15(20-13)11-18(14-8-9-14)17(19)12-21-16-5-3-2-4-6-16/h2-7,10,14H,8-9,11-12H2,1H3. The summed E-state index contributed by atoms with van der Waals surface area (Å²) in [7, 11) is 0. The molecular formula is C17H19NO2S. The Bertz CT molecular complexity index is 604. The number of carbonyl (C=O) groups excluding carboxylic acids is 1. The fraction of sp³-hybridized carbons (Fsp3) is 0.353. The first-order chi connectivity index (χ1) is 10.2. The van der Waals surface area contributed by atoms with Crippen LogP contribution in [0.4, 0.5) is 0 Å². The molecule has 0 aliphatic heterocycles. The maximum Gasteiger partial charge on any atom is 0.233 e. The molecule has 1 aromatic heterocycles. The van der Waals surface area contributed by atoms with Crippen molar-refractivity contribution in [2.75, 3.05) is 5.75 Å². The molecule has 4 heteroatoms. The lowest BCUT2D eigenvalue weighted by molar-refractivity contribution is -0.129. The van der Waals surface area contributed by atoms with E-state index in [2.05, 4.69) is 0 Å². The van der Waals surface area contributed by atoms with Gasteiger partial charge in [0.15, 0.2) is 0 Å². The van der Waals surface area contributed by atoms with Gasteiger partial charge in [-0.15, -0.1) is 11.8 Å². The number of amides is 1. The molecule has 3 nitrogen and oxygen atoms in total. The van der Waals surface area contributed by atoms with Gasteiger partial charge >= 0.3 is 0 Å². The molecule has 3 rings (SSSR count). The normalized spacial score (nSPS) is 14.1. The fourth-order valence-corrected chi connectivity index (χ4v) is 3.10. The molecule has 110 valence electrons. The summed E-state index contributed by atoms with van der Waals surface area (Å²) in [4.78, 5) is 15.6. The van der Waals surface area contributed by atoms with E-state index in [0.29, 0.717) is 18.3 Å². The predicted octanol–water partition coefficient (Wildman–Crippen LogP) is 3.87. The third-order valence-corrected chi connectivity index (χ3v) is 4.53. The van der Waals surface area contributed by atoms with Gasteiger partial charge in [-0.3, -0.25) is 4.79 Å². The van der Waals surface area contributed by atoms with E-state index in [4.69, 9.17) is 4.42 Å². The molecule has 1 aliphatic carbocycles. The number of nitrogens with zero attached hydrogens (tertiary/aromatic N) is 1. The second-order valence-corrected chi connectivity index (χ2v) is 6.42. The number of carbonyl (C=O) groups is 1. The van der Waals surface area contributed by atoms with Crippen molar-refractivity contribution >= 4 is 17.7 Å². The van der Waals surface area contributed by atoms with Gasteiger partial charge in [-0.25, -0.2) is 0 Å². The second kappa shape index (κ2) is 6.39. The quantitative estimate of drug-likeness (QED) is 0.759.